The molecule has 1 aromatic heterocycles. The summed E-state index contributed by atoms with van der Waals surface area (Å²) in [5.41, 5.74) is 2.20. The van der Waals surface area contributed by atoms with Crippen molar-refractivity contribution < 1.29 is 4.79 Å². The van der Waals surface area contributed by atoms with E-state index in [0.717, 1.165) is 16.5 Å². The Hall–Kier alpha value is -1.64. The molecule has 0 saturated heterocycles. The number of rotatable bonds is 1. The van der Waals surface area contributed by atoms with Crippen LogP contribution in [0.1, 0.15) is 36.8 Å². The van der Waals surface area contributed by atoms with Crippen molar-refractivity contribution in [1.29, 1.82) is 0 Å². The van der Waals surface area contributed by atoms with Crippen LogP contribution in [0.25, 0.3) is 10.9 Å². The largest absolute Gasteiger partial charge is 0.292 e. The normalized spacial score (nSPS) is 12.0. The minimum Gasteiger partial charge on any atom is -0.292 e. The number of benzene rings is 1. The molecule has 0 spiro atoms. The summed E-state index contributed by atoms with van der Waals surface area (Å²) in [6, 6.07) is 5.96. The van der Waals surface area contributed by atoms with Crippen LogP contribution in [0.4, 0.5) is 0 Å². The van der Waals surface area contributed by atoms with Gasteiger partial charge in [-0.2, -0.15) is 5.10 Å². The molecule has 84 valence electrons. The smallest absolute Gasteiger partial charge is 0.188 e. The molecule has 3 nitrogen and oxygen atoms in total. The second kappa shape index (κ2) is 3.44. The van der Waals surface area contributed by atoms with E-state index in [-0.39, 0.29) is 5.78 Å². The zero-order valence-corrected chi connectivity index (χ0v) is 10.1. The summed E-state index contributed by atoms with van der Waals surface area (Å²) in [5.74, 6) is 0.0735. The van der Waals surface area contributed by atoms with Crippen molar-refractivity contribution in [2.24, 2.45) is 5.41 Å². The molecule has 2 aromatic rings. The van der Waals surface area contributed by atoms with Crippen LogP contribution in [0.3, 0.4) is 0 Å². The summed E-state index contributed by atoms with van der Waals surface area (Å²) >= 11 is 0. The SMILES string of the molecule is Cc1ccc2[nH]nc(C(=O)C(C)(C)C)c2c1. The summed E-state index contributed by atoms with van der Waals surface area (Å²) in [6.45, 7) is 7.74. The van der Waals surface area contributed by atoms with Gasteiger partial charge in [0.15, 0.2) is 5.78 Å². The predicted molar refractivity (Wildman–Crippen MR) is 64.6 cm³/mol. The Morgan fingerprint density at radius 3 is 2.62 bits per heavy atom. The maximum atomic E-state index is 12.2. The average molecular weight is 216 g/mol. The summed E-state index contributed by atoms with van der Waals surface area (Å²) in [5, 5.41) is 7.94. The van der Waals surface area contributed by atoms with E-state index in [1.807, 2.05) is 45.9 Å². The van der Waals surface area contributed by atoms with Crippen LogP contribution in [0.15, 0.2) is 18.2 Å². The van der Waals surface area contributed by atoms with Crippen molar-refractivity contribution in [3.8, 4) is 0 Å². The Morgan fingerprint density at radius 1 is 1.31 bits per heavy atom. The zero-order valence-electron chi connectivity index (χ0n) is 10.1. The van der Waals surface area contributed by atoms with Crippen LogP contribution in [-0.2, 0) is 0 Å². The van der Waals surface area contributed by atoms with E-state index in [2.05, 4.69) is 10.2 Å². The second-order valence-electron chi connectivity index (χ2n) is 5.20. The summed E-state index contributed by atoms with van der Waals surface area (Å²) in [7, 11) is 0. The molecular weight excluding hydrogens is 200 g/mol. The lowest BCUT2D eigenvalue weighted by Crippen LogP contribution is -2.20. The van der Waals surface area contributed by atoms with Gasteiger partial charge in [0, 0.05) is 10.8 Å². The van der Waals surface area contributed by atoms with Gasteiger partial charge in [0.25, 0.3) is 0 Å². The number of nitrogens with one attached hydrogen (secondary N) is 1. The molecular formula is C13H16N2O. The number of nitrogens with zero attached hydrogens (tertiary/aromatic N) is 1. The molecule has 2 rings (SSSR count). The Balaban J connectivity index is 2.62. The molecule has 0 aliphatic rings. The molecule has 0 unspecified atom stereocenters. The lowest BCUT2D eigenvalue weighted by Gasteiger charge is -2.14. The number of hydrogen-bond acceptors (Lipinski definition) is 2. The zero-order chi connectivity index (χ0) is 11.9. The molecule has 1 aromatic carbocycles. The molecule has 16 heavy (non-hydrogen) atoms. The van der Waals surface area contributed by atoms with Crippen molar-refractivity contribution in [2.45, 2.75) is 27.7 Å². The third-order valence-corrected chi connectivity index (χ3v) is 2.61. The fourth-order valence-corrected chi connectivity index (χ4v) is 1.66. The predicted octanol–water partition coefficient (Wildman–Crippen LogP) is 3.10. The summed E-state index contributed by atoms with van der Waals surface area (Å²) in [6.07, 6.45) is 0. The second-order valence-corrected chi connectivity index (χ2v) is 5.20. The standard InChI is InChI=1S/C13H16N2O/c1-8-5-6-10-9(7-8)11(15-14-10)12(16)13(2,3)4/h5-7H,1-4H3,(H,14,15). The number of hydrogen-bond donors (Lipinski definition) is 1. The highest BCUT2D eigenvalue weighted by Gasteiger charge is 2.26. The first kappa shape index (κ1) is 10.9. The van der Waals surface area contributed by atoms with Gasteiger partial charge in [-0.15, -0.1) is 0 Å². The maximum absolute atomic E-state index is 12.2. The van der Waals surface area contributed by atoms with Crippen molar-refractivity contribution >= 4 is 16.7 Å². The van der Waals surface area contributed by atoms with Gasteiger partial charge in [-0.3, -0.25) is 9.89 Å². The van der Waals surface area contributed by atoms with E-state index in [4.69, 9.17) is 0 Å². The highest BCUT2D eigenvalue weighted by Crippen LogP contribution is 2.25. The average Bonchev–Trinajstić information content (AvgIpc) is 2.57. The quantitative estimate of drug-likeness (QED) is 0.744. The first-order valence-electron chi connectivity index (χ1n) is 5.39. The monoisotopic (exact) mass is 216 g/mol. The maximum Gasteiger partial charge on any atom is 0.188 e. The first-order chi connectivity index (χ1) is 7.39. The summed E-state index contributed by atoms with van der Waals surface area (Å²) in [4.78, 5) is 12.2. The minimum atomic E-state index is -0.397. The molecule has 1 heterocycles. The van der Waals surface area contributed by atoms with Gasteiger partial charge in [0.2, 0.25) is 0 Å². The highest BCUT2D eigenvalue weighted by atomic mass is 16.1. The van der Waals surface area contributed by atoms with Crippen LogP contribution in [-0.4, -0.2) is 16.0 Å². The molecule has 0 fully saturated rings. The fraction of sp³-hybridized carbons (Fsp3) is 0.385. The molecule has 0 bridgehead atoms. The third kappa shape index (κ3) is 1.73. The summed E-state index contributed by atoms with van der Waals surface area (Å²) < 4.78 is 0. The number of Topliss-reactive ketones (excluding diaryl/α,β-unsaturated/α-hetero) is 1. The number of H-pyrrole nitrogens is 1. The fourth-order valence-electron chi connectivity index (χ4n) is 1.66. The number of aromatic amines is 1. The van der Waals surface area contributed by atoms with E-state index >= 15 is 0 Å². The van der Waals surface area contributed by atoms with Crippen molar-refractivity contribution in [3.05, 3.63) is 29.5 Å². The number of aromatic nitrogens is 2. The van der Waals surface area contributed by atoms with Gasteiger partial charge in [0.05, 0.1) is 5.52 Å². The van der Waals surface area contributed by atoms with Gasteiger partial charge >= 0.3 is 0 Å². The van der Waals surface area contributed by atoms with Gasteiger partial charge in [-0.25, -0.2) is 0 Å². The van der Waals surface area contributed by atoms with Crippen molar-refractivity contribution in [2.75, 3.05) is 0 Å². The van der Waals surface area contributed by atoms with Crippen LogP contribution in [0.5, 0.6) is 0 Å². The van der Waals surface area contributed by atoms with Crippen LogP contribution >= 0.6 is 0 Å². The van der Waals surface area contributed by atoms with E-state index in [1.165, 1.54) is 0 Å². The number of ketones is 1. The van der Waals surface area contributed by atoms with E-state index in [0.29, 0.717) is 5.69 Å². The van der Waals surface area contributed by atoms with E-state index < -0.39 is 5.41 Å². The molecule has 3 heteroatoms. The van der Waals surface area contributed by atoms with Gasteiger partial charge in [-0.05, 0) is 19.1 Å². The van der Waals surface area contributed by atoms with Gasteiger partial charge < -0.3 is 0 Å². The lowest BCUT2D eigenvalue weighted by molar-refractivity contribution is 0.0854. The van der Waals surface area contributed by atoms with Gasteiger partial charge in [-0.1, -0.05) is 32.4 Å². The Kier molecular flexibility index (Phi) is 2.34. The van der Waals surface area contributed by atoms with Crippen molar-refractivity contribution in [1.82, 2.24) is 10.2 Å². The highest BCUT2D eigenvalue weighted by molar-refractivity contribution is 6.08. The van der Waals surface area contributed by atoms with Crippen LogP contribution in [0, 0.1) is 12.3 Å². The van der Waals surface area contributed by atoms with Crippen LogP contribution in [0.2, 0.25) is 0 Å². The molecule has 0 aliphatic carbocycles. The topological polar surface area (TPSA) is 45.8 Å². The minimum absolute atomic E-state index is 0.0735. The third-order valence-electron chi connectivity index (χ3n) is 2.61. The Bertz CT molecular complexity index is 547. The van der Waals surface area contributed by atoms with E-state index in [9.17, 15) is 4.79 Å². The molecule has 1 N–H and O–H groups in total. The number of carbonyl (C=O) groups excluding carboxylic acids is 1. The number of fused-ring (bicyclic) bond motifs is 1. The van der Waals surface area contributed by atoms with E-state index in [1.54, 1.807) is 0 Å². The van der Waals surface area contributed by atoms with Gasteiger partial charge in [0.1, 0.15) is 5.69 Å². The number of aryl methyl sites for hydroxylation is 1. The Labute approximate surface area is 94.9 Å². The van der Waals surface area contributed by atoms with Crippen molar-refractivity contribution in [3.63, 3.8) is 0 Å². The molecule has 0 aliphatic heterocycles. The molecule has 0 amide bonds. The first-order valence-corrected chi connectivity index (χ1v) is 5.39. The molecule has 0 atom stereocenters. The lowest BCUT2D eigenvalue weighted by atomic mass is 9.88. The Morgan fingerprint density at radius 2 is 2.00 bits per heavy atom. The number of carbonyl (C=O) groups is 1. The molecule has 0 radical (unpaired) electrons. The van der Waals surface area contributed by atoms with Crippen LogP contribution < -0.4 is 0 Å². The molecule has 0 saturated carbocycles.